The second-order valence-electron chi connectivity index (χ2n) is 6.75. The van der Waals surface area contributed by atoms with E-state index in [2.05, 4.69) is 9.97 Å². The van der Waals surface area contributed by atoms with Gasteiger partial charge in [-0.15, -0.1) is 0 Å². The molecule has 0 aliphatic carbocycles. The van der Waals surface area contributed by atoms with Gasteiger partial charge in [-0.05, 0) is 18.6 Å². The molecule has 3 rings (SSSR count). The van der Waals surface area contributed by atoms with Gasteiger partial charge in [0.25, 0.3) is 11.5 Å². The summed E-state index contributed by atoms with van der Waals surface area (Å²) in [6.45, 7) is -0.451. The van der Waals surface area contributed by atoms with Gasteiger partial charge >= 0.3 is 5.97 Å². The van der Waals surface area contributed by atoms with Crippen molar-refractivity contribution in [2.24, 2.45) is 0 Å². The molecule has 150 valence electrons. The largest absolute Gasteiger partial charge is 0.456 e. The number of esters is 1. The molecule has 0 bridgehead atoms. The number of ether oxygens (including phenoxy) is 1. The van der Waals surface area contributed by atoms with Gasteiger partial charge in [-0.2, -0.15) is 0 Å². The number of H-pyrrole nitrogens is 1. The number of sulfone groups is 1. The van der Waals surface area contributed by atoms with Gasteiger partial charge in [0.05, 0.1) is 28.8 Å². The van der Waals surface area contributed by atoms with Gasteiger partial charge in [0.2, 0.25) is 0 Å². The standard InChI is InChI=1S/C18H21N3O6S/c1-21(12-8-9-28(25,26)11-12)16(22)10-27-17(23)7-6-15-19-14-5-3-2-4-13(14)18(24)20-15/h2-5,12H,6-11H2,1H3,(H,19,20,24). The van der Waals surface area contributed by atoms with Crippen LogP contribution in [0.4, 0.5) is 0 Å². The highest BCUT2D eigenvalue weighted by Gasteiger charge is 2.32. The lowest BCUT2D eigenvalue weighted by Crippen LogP contribution is -2.40. The Morgan fingerprint density at radius 3 is 2.79 bits per heavy atom. The van der Waals surface area contributed by atoms with Crippen LogP contribution in [0.5, 0.6) is 0 Å². The minimum absolute atomic E-state index is 0.0456. The van der Waals surface area contributed by atoms with Gasteiger partial charge in [-0.3, -0.25) is 14.4 Å². The molecule has 1 unspecified atom stereocenters. The van der Waals surface area contributed by atoms with Crippen LogP contribution in [0.2, 0.25) is 0 Å². The van der Waals surface area contributed by atoms with Gasteiger partial charge < -0.3 is 14.6 Å². The summed E-state index contributed by atoms with van der Waals surface area (Å²) in [5.41, 5.74) is 0.259. The first-order valence-electron chi connectivity index (χ1n) is 8.85. The van der Waals surface area contributed by atoms with Crippen molar-refractivity contribution in [3.05, 3.63) is 40.4 Å². The Kier molecular flexibility index (Phi) is 5.78. The molecular weight excluding hydrogens is 386 g/mol. The molecule has 1 amide bonds. The van der Waals surface area contributed by atoms with E-state index in [1.54, 1.807) is 24.3 Å². The predicted octanol–water partition coefficient (Wildman–Crippen LogP) is 0.0444. The molecule has 1 aromatic carbocycles. The maximum Gasteiger partial charge on any atom is 0.306 e. The summed E-state index contributed by atoms with van der Waals surface area (Å²) in [4.78, 5) is 44.3. The summed E-state index contributed by atoms with van der Waals surface area (Å²) in [6, 6.07) is 6.50. The zero-order chi connectivity index (χ0) is 20.3. The molecule has 0 radical (unpaired) electrons. The van der Waals surface area contributed by atoms with Crippen molar-refractivity contribution in [1.82, 2.24) is 14.9 Å². The summed E-state index contributed by atoms with van der Waals surface area (Å²) >= 11 is 0. The molecular formula is C18H21N3O6S. The number of likely N-dealkylation sites (N-methyl/N-ethyl adjacent to an activating group) is 1. The number of carbonyl (C=O) groups is 2. The zero-order valence-corrected chi connectivity index (χ0v) is 16.2. The molecule has 1 saturated heterocycles. The van der Waals surface area contributed by atoms with E-state index in [1.165, 1.54) is 11.9 Å². The van der Waals surface area contributed by atoms with Crippen LogP contribution >= 0.6 is 0 Å². The van der Waals surface area contributed by atoms with Crippen molar-refractivity contribution < 1.29 is 22.7 Å². The third-order valence-corrected chi connectivity index (χ3v) is 6.48. The Morgan fingerprint density at radius 1 is 1.32 bits per heavy atom. The Labute approximate surface area is 161 Å². The van der Waals surface area contributed by atoms with Crippen LogP contribution in [-0.4, -0.2) is 66.4 Å². The molecule has 10 heteroatoms. The van der Waals surface area contributed by atoms with Gasteiger partial charge in [-0.25, -0.2) is 13.4 Å². The number of carbonyl (C=O) groups excluding carboxylic acids is 2. The zero-order valence-electron chi connectivity index (χ0n) is 15.4. The predicted molar refractivity (Wildman–Crippen MR) is 101 cm³/mol. The molecule has 0 saturated carbocycles. The molecule has 1 aromatic heterocycles. The minimum atomic E-state index is -3.10. The van der Waals surface area contributed by atoms with Crippen molar-refractivity contribution in [1.29, 1.82) is 0 Å². The fourth-order valence-corrected chi connectivity index (χ4v) is 4.85. The summed E-state index contributed by atoms with van der Waals surface area (Å²) < 4.78 is 28.0. The van der Waals surface area contributed by atoms with Crippen LogP contribution in [0.3, 0.4) is 0 Å². The van der Waals surface area contributed by atoms with Crippen molar-refractivity contribution in [2.45, 2.75) is 25.3 Å². The number of nitrogens with zero attached hydrogens (tertiary/aromatic N) is 2. The van der Waals surface area contributed by atoms with E-state index < -0.39 is 28.3 Å². The fraction of sp³-hybridized carbons (Fsp3) is 0.444. The van der Waals surface area contributed by atoms with E-state index in [-0.39, 0.29) is 35.9 Å². The smallest absolute Gasteiger partial charge is 0.306 e. The lowest BCUT2D eigenvalue weighted by Gasteiger charge is -2.23. The third kappa shape index (κ3) is 4.75. The van der Waals surface area contributed by atoms with Gasteiger partial charge in [-0.1, -0.05) is 12.1 Å². The van der Waals surface area contributed by atoms with Gasteiger partial charge in [0.1, 0.15) is 5.82 Å². The monoisotopic (exact) mass is 407 g/mol. The number of nitrogens with one attached hydrogen (secondary N) is 1. The highest BCUT2D eigenvalue weighted by Crippen LogP contribution is 2.16. The molecule has 1 N–H and O–H groups in total. The molecule has 9 nitrogen and oxygen atoms in total. The highest BCUT2D eigenvalue weighted by atomic mass is 32.2. The number of aromatic amines is 1. The molecule has 2 heterocycles. The quantitative estimate of drug-likeness (QED) is 0.670. The number of aryl methyl sites for hydroxylation is 1. The van der Waals surface area contributed by atoms with E-state index >= 15 is 0 Å². The van der Waals surface area contributed by atoms with Crippen LogP contribution in [0.25, 0.3) is 10.9 Å². The van der Waals surface area contributed by atoms with Crippen LogP contribution in [-0.2, 0) is 30.6 Å². The maximum atomic E-state index is 12.1. The van der Waals surface area contributed by atoms with E-state index in [0.29, 0.717) is 23.1 Å². The first-order valence-corrected chi connectivity index (χ1v) is 10.7. The fourth-order valence-electron chi connectivity index (χ4n) is 3.07. The first-order chi connectivity index (χ1) is 13.2. The number of amides is 1. The van der Waals surface area contributed by atoms with E-state index in [9.17, 15) is 22.8 Å². The van der Waals surface area contributed by atoms with Crippen LogP contribution < -0.4 is 5.56 Å². The van der Waals surface area contributed by atoms with E-state index in [0.717, 1.165) is 0 Å². The number of aromatic nitrogens is 2. The average molecular weight is 407 g/mol. The van der Waals surface area contributed by atoms with Crippen LogP contribution in [0, 0.1) is 0 Å². The third-order valence-electron chi connectivity index (χ3n) is 4.73. The molecule has 1 fully saturated rings. The number of para-hydroxylation sites is 1. The Hall–Kier alpha value is -2.75. The van der Waals surface area contributed by atoms with Crippen molar-refractivity contribution >= 4 is 32.6 Å². The second-order valence-corrected chi connectivity index (χ2v) is 8.98. The van der Waals surface area contributed by atoms with Crippen molar-refractivity contribution in [3.63, 3.8) is 0 Å². The molecule has 1 atom stereocenters. The lowest BCUT2D eigenvalue weighted by atomic mass is 10.2. The number of hydrogen-bond acceptors (Lipinski definition) is 7. The van der Waals surface area contributed by atoms with Crippen LogP contribution in [0.1, 0.15) is 18.7 Å². The lowest BCUT2D eigenvalue weighted by molar-refractivity contribution is -0.152. The van der Waals surface area contributed by atoms with Crippen molar-refractivity contribution in [3.8, 4) is 0 Å². The van der Waals surface area contributed by atoms with Gasteiger partial charge in [0.15, 0.2) is 16.4 Å². The van der Waals surface area contributed by atoms with Gasteiger partial charge in [0, 0.05) is 19.5 Å². The maximum absolute atomic E-state index is 12.1. The molecule has 1 aliphatic rings. The Bertz CT molecular complexity index is 1060. The number of rotatable bonds is 6. The first kappa shape index (κ1) is 20.0. The Morgan fingerprint density at radius 2 is 2.07 bits per heavy atom. The van der Waals surface area contributed by atoms with Crippen molar-refractivity contribution in [2.75, 3.05) is 25.2 Å². The molecule has 28 heavy (non-hydrogen) atoms. The Balaban J connectivity index is 1.49. The molecule has 1 aliphatic heterocycles. The number of fused-ring (bicyclic) bond motifs is 1. The molecule has 2 aromatic rings. The second kappa shape index (κ2) is 8.09. The highest BCUT2D eigenvalue weighted by molar-refractivity contribution is 7.91. The van der Waals surface area contributed by atoms with E-state index in [4.69, 9.17) is 4.74 Å². The number of hydrogen-bond donors (Lipinski definition) is 1. The topological polar surface area (TPSA) is 126 Å². The summed E-state index contributed by atoms with van der Waals surface area (Å²) in [7, 11) is -1.60. The number of benzene rings is 1. The van der Waals surface area contributed by atoms with Crippen LogP contribution in [0.15, 0.2) is 29.1 Å². The summed E-state index contributed by atoms with van der Waals surface area (Å²) in [5.74, 6) is -0.694. The minimum Gasteiger partial charge on any atom is -0.456 e. The average Bonchev–Trinajstić information content (AvgIpc) is 3.03. The summed E-state index contributed by atoms with van der Waals surface area (Å²) in [6.07, 6.45) is 0.513. The van der Waals surface area contributed by atoms with E-state index in [1.807, 2.05) is 0 Å². The molecule has 0 spiro atoms. The normalized spacial score (nSPS) is 18.1. The summed E-state index contributed by atoms with van der Waals surface area (Å²) in [5, 5.41) is 0.469. The SMILES string of the molecule is CN(C(=O)COC(=O)CCc1nc2ccccc2c(=O)[nH]1)C1CCS(=O)(=O)C1.